The molecule has 0 amide bonds. The van der Waals surface area contributed by atoms with Crippen LogP contribution >= 0.6 is 15.6 Å². The third kappa shape index (κ3) is 67.0. The van der Waals surface area contributed by atoms with Gasteiger partial charge < -0.3 is 33.8 Å². The average Bonchev–Trinajstić information content (AvgIpc) is 3.25. The first-order valence-corrected chi connectivity index (χ1v) is 41.7. The highest BCUT2D eigenvalue weighted by atomic mass is 31.2. The monoisotopic (exact) mass is 1370 g/mol. The summed E-state index contributed by atoms with van der Waals surface area (Å²) in [6, 6.07) is 0. The minimum absolute atomic E-state index is 0.103. The van der Waals surface area contributed by atoms with Crippen molar-refractivity contribution in [1.82, 2.24) is 0 Å². The SMILES string of the molecule is CCCCCCCCCCCCCCCCCCCCCCCC(=O)O[C@H](COC(=O)CCCCCCCCCCCCCC)COP(=O)(O)OC[C@@H](O)COP(=O)(O)OC[C@@H](COC(=O)CCCCCCCCCCCC)OC(=O)CCCCCCCCC(C)CC. The van der Waals surface area contributed by atoms with Gasteiger partial charge in [0, 0.05) is 25.7 Å². The molecule has 552 valence electrons. The van der Waals surface area contributed by atoms with Crippen LogP contribution in [-0.2, 0) is 65.4 Å². The summed E-state index contributed by atoms with van der Waals surface area (Å²) in [5.41, 5.74) is 0. The van der Waals surface area contributed by atoms with Crippen LogP contribution in [0.25, 0.3) is 0 Å². The van der Waals surface area contributed by atoms with E-state index in [2.05, 4.69) is 34.6 Å². The molecule has 0 aliphatic carbocycles. The van der Waals surface area contributed by atoms with Crippen molar-refractivity contribution >= 4 is 39.5 Å². The topological polar surface area (TPSA) is 237 Å². The fraction of sp³-hybridized carbons (Fsp3) is 0.946. The molecule has 19 heteroatoms. The zero-order chi connectivity index (χ0) is 68.4. The summed E-state index contributed by atoms with van der Waals surface area (Å²) in [6.45, 7) is 7.21. The molecule has 0 spiro atoms. The molecule has 0 aliphatic heterocycles. The van der Waals surface area contributed by atoms with E-state index in [9.17, 15) is 43.2 Å². The normalized spacial score (nSPS) is 14.3. The number of carbonyl (C=O) groups is 4. The number of esters is 4. The molecule has 0 saturated heterocycles. The van der Waals surface area contributed by atoms with Crippen molar-refractivity contribution in [3.05, 3.63) is 0 Å². The molecule has 0 aliphatic rings. The largest absolute Gasteiger partial charge is 0.472 e. The number of carbonyl (C=O) groups excluding carboxylic acids is 4. The molecule has 0 aromatic heterocycles. The predicted octanol–water partition coefficient (Wildman–Crippen LogP) is 21.7. The molecule has 0 bridgehead atoms. The van der Waals surface area contributed by atoms with Crippen molar-refractivity contribution in [3.8, 4) is 0 Å². The summed E-state index contributed by atoms with van der Waals surface area (Å²) in [6.07, 6.45) is 55.6. The Labute approximate surface area is 568 Å². The number of unbranched alkanes of at least 4 members (excludes halogenated alkanes) is 45. The van der Waals surface area contributed by atoms with Gasteiger partial charge in [-0.15, -0.1) is 0 Å². The maximum Gasteiger partial charge on any atom is 0.472 e. The summed E-state index contributed by atoms with van der Waals surface area (Å²) >= 11 is 0. The Hall–Kier alpha value is -1.94. The van der Waals surface area contributed by atoms with Crippen LogP contribution in [0.15, 0.2) is 0 Å². The Kier molecular flexibility index (Phi) is 65.9. The highest BCUT2D eigenvalue weighted by Crippen LogP contribution is 2.45. The number of aliphatic hydroxyl groups is 1. The van der Waals surface area contributed by atoms with E-state index in [0.717, 1.165) is 95.8 Å². The molecule has 3 N–H and O–H groups in total. The second-order valence-corrected chi connectivity index (χ2v) is 29.8. The van der Waals surface area contributed by atoms with E-state index in [0.29, 0.717) is 25.7 Å². The average molecular weight is 1370 g/mol. The van der Waals surface area contributed by atoms with E-state index in [-0.39, 0.29) is 25.7 Å². The highest BCUT2D eigenvalue weighted by molar-refractivity contribution is 7.47. The summed E-state index contributed by atoms with van der Waals surface area (Å²) < 4.78 is 68.4. The zero-order valence-electron chi connectivity index (χ0n) is 60.4. The van der Waals surface area contributed by atoms with Gasteiger partial charge in [-0.25, -0.2) is 9.13 Å². The Morgan fingerprint density at radius 1 is 0.301 bits per heavy atom. The van der Waals surface area contributed by atoms with Gasteiger partial charge in [0.2, 0.25) is 0 Å². The first-order chi connectivity index (χ1) is 45.1. The standard InChI is InChI=1S/C74H144O17P2/c1-6-10-13-16-19-22-25-27-28-29-30-31-32-33-34-35-37-40-43-49-54-59-73(78)90-69(63-84-72(77)58-53-48-42-39-36-26-23-20-17-14-11-7-2)65-88-92(80,81)86-61-68(75)62-87-93(82,83)89-66-70(91-74(79)60-55-50-45-44-46-51-56-67(5)9-4)64-85-71(76)57-52-47-41-38-24-21-18-15-12-8-3/h67-70,75H,6-66H2,1-5H3,(H,80,81)(H,82,83)/t67?,68-,69-,70-/m1/s1. The van der Waals surface area contributed by atoms with Gasteiger partial charge in [-0.3, -0.25) is 37.3 Å². The van der Waals surface area contributed by atoms with Gasteiger partial charge in [-0.05, 0) is 31.6 Å². The lowest BCUT2D eigenvalue weighted by molar-refractivity contribution is -0.161. The van der Waals surface area contributed by atoms with E-state index in [1.807, 2.05) is 0 Å². The second-order valence-electron chi connectivity index (χ2n) is 26.9. The molecule has 6 atom stereocenters. The van der Waals surface area contributed by atoms with Crippen molar-refractivity contribution in [3.63, 3.8) is 0 Å². The van der Waals surface area contributed by atoms with Crippen LogP contribution in [0.1, 0.15) is 388 Å². The molecule has 0 radical (unpaired) electrons. The molecule has 17 nitrogen and oxygen atoms in total. The lowest BCUT2D eigenvalue weighted by Crippen LogP contribution is -2.30. The summed E-state index contributed by atoms with van der Waals surface area (Å²) in [4.78, 5) is 72.6. The van der Waals surface area contributed by atoms with E-state index < -0.39 is 97.5 Å². The Morgan fingerprint density at radius 3 is 0.763 bits per heavy atom. The predicted molar refractivity (Wildman–Crippen MR) is 377 cm³/mol. The molecule has 0 fully saturated rings. The van der Waals surface area contributed by atoms with Crippen molar-refractivity contribution in [1.29, 1.82) is 0 Å². The minimum atomic E-state index is -4.95. The fourth-order valence-electron chi connectivity index (χ4n) is 11.3. The van der Waals surface area contributed by atoms with Gasteiger partial charge in [-0.2, -0.15) is 0 Å². The second kappa shape index (κ2) is 67.3. The van der Waals surface area contributed by atoms with Crippen molar-refractivity contribution in [2.24, 2.45) is 5.92 Å². The van der Waals surface area contributed by atoms with E-state index in [4.69, 9.17) is 37.0 Å². The Bertz CT molecular complexity index is 1790. The summed E-state index contributed by atoms with van der Waals surface area (Å²) in [7, 11) is -9.90. The smallest absolute Gasteiger partial charge is 0.462 e. The molecule has 0 saturated carbocycles. The number of hydrogen-bond acceptors (Lipinski definition) is 15. The molecule has 0 heterocycles. The van der Waals surface area contributed by atoms with Crippen LogP contribution in [0.5, 0.6) is 0 Å². The number of ether oxygens (including phenoxy) is 4. The Morgan fingerprint density at radius 2 is 0.516 bits per heavy atom. The lowest BCUT2D eigenvalue weighted by atomic mass is 10.00. The molecule has 0 aromatic carbocycles. The van der Waals surface area contributed by atoms with Crippen LogP contribution in [0.3, 0.4) is 0 Å². The van der Waals surface area contributed by atoms with Gasteiger partial charge >= 0.3 is 39.5 Å². The van der Waals surface area contributed by atoms with Gasteiger partial charge in [0.1, 0.15) is 19.3 Å². The van der Waals surface area contributed by atoms with Gasteiger partial charge in [0.05, 0.1) is 26.4 Å². The first kappa shape index (κ1) is 91.1. The maximum atomic E-state index is 13.1. The molecular formula is C74H144O17P2. The lowest BCUT2D eigenvalue weighted by Gasteiger charge is -2.21. The van der Waals surface area contributed by atoms with Gasteiger partial charge in [-0.1, -0.05) is 336 Å². The summed E-state index contributed by atoms with van der Waals surface area (Å²) in [5.74, 6) is -1.40. The quantitative estimate of drug-likeness (QED) is 0.0222. The molecule has 93 heavy (non-hydrogen) atoms. The fourth-order valence-corrected chi connectivity index (χ4v) is 12.9. The minimum Gasteiger partial charge on any atom is -0.462 e. The third-order valence-corrected chi connectivity index (χ3v) is 19.5. The number of rotatable bonds is 74. The van der Waals surface area contributed by atoms with Crippen LogP contribution in [0.4, 0.5) is 0 Å². The van der Waals surface area contributed by atoms with Gasteiger partial charge in [0.15, 0.2) is 12.2 Å². The van der Waals surface area contributed by atoms with Crippen LogP contribution in [0, 0.1) is 5.92 Å². The summed E-state index contributed by atoms with van der Waals surface area (Å²) in [5, 5.41) is 10.6. The van der Waals surface area contributed by atoms with E-state index >= 15 is 0 Å². The zero-order valence-corrected chi connectivity index (χ0v) is 62.2. The van der Waals surface area contributed by atoms with Crippen LogP contribution in [-0.4, -0.2) is 96.7 Å². The molecule has 3 unspecified atom stereocenters. The van der Waals surface area contributed by atoms with Crippen molar-refractivity contribution < 1.29 is 80.2 Å². The van der Waals surface area contributed by atoms with Crippen molar-refractivity contribution in [2.75, 3.05) is 39.6 Å². The van der Waals surface area contributed by atoms with Crippen LogP contribution in [0.2, 0.25) is 0 Å². The highest BCUT2D eigenvalue weighted by Gasteiger charge is 2.30. The molecular weight excluding hydrogens is 1220 g/mol. The number of aliphatic hydroxyl groups excluding tert-OH is 1. The van der Waals surface area contributed by atoms with E-state index in [1.165, 1.54) is 212 Å². The number of phosphoric ester groups is 2. The number of phosphoric acid groups is 2. The number of hydrogen-bond donors (Lipinski definition) is 3. The third-order valence-electron chi connectivity index (χ3n) is 17.6. The first-order valence-electron chi connectivity index (χ1n) is 38.7. The van der Waals surface area contributed by atoms with Crippen molar-refractivity contribution in [2.45, 2.75) is 406 Å². The van der Waals surface area contributed by atoms with Gasteiger partial charge in [0.25, 0.3) is 0 Å². The maximum absolute atomic E-state index is 13.1. The molecule has 0 aromatic rings. The van der Waals surface area contributed by atoms with Crippen LogP contribution < -0.4 is 0 Å². The Balaban J connectivity index is 5.17. The van der Waals surface area contributed by atoms with E-state index in [1.54, 1.807) is 0 Å². The molecule has 0 rings (SSSR count).